The van der Waals surface area contributed by atoms with E-state index in [-0.39, 0.29) is 17.2 Å². The maximum absolute atomic E-state index is 15.0. The fraction of sp³-hybridized carbons (Fsp3) is 0.343. The van der Waals surface area contributed by atoms with Crippen LogP contribution >= 0.6 is 0 Å². The smallest absolute Gasteiger partial charge is 0.248 e. The summed E-state index contributed by atoms with van der Waals surface area (Å²) in [5, 5.41) is 2.79. The lowest BCUT2D eigenvalue weighted by atomic mass is 9.87. The first-order chi connectivity index (χ1) is 20.0. The maximum Gasteiger partial charge on any atom is 0.248 e. The highest BCUT2D eigenvalue weighted by Crippen LogP contribution is 2.39. The summed E-state index contributed by atoms with van der Waals surface area (Å²) < 4.78 is 49.7. The van der Waals surface area contributed by atoms with Crippen LogP contribution in [0.5, 0.6) is 5.75 Å². The third-order valence-corrected chi connectivity index (χ3v) is 6.66. The lowest BCUT2D eigenvalue weighted by Gasteiger charge is -2.20. The lowest BCUT2D eigenvalue weighted by Crippen LogP contribution is -2.13. The zero-order valence-electron chi connectivity index (χ0n) is 26.0. The van der Waals surface area contributed by atoms with Crippen LogP contribution < -0.4 is 10.1 Å². The van der Waals surface area contributed by atoms with Gasteiger partial charge in [0.2, 0.25) is 5.91 Å². The van der Waals surface area contributed by atoms with Crippen molar-refractivity contribution < 1.29 is 22.7 Å². The van der Waals surface area contributed by atoms with Gasteiger partial charge in [0.15, 0.2) is 11.6 Å². The molecule has 0 unspecified atom stereocenters. The number of carbonyl (C=O) groups is 1. The minimum absolute atomic E-state index is 0.0541. The molecule has 0 saturated heterocycles. The number of hydrogen-bond acceptors (Lipinski definition) is 3. The zero-order chi connectivity index (χ0) is 31.4. The third-order valence-electron chi connectivity index (χ3n) is 6.66. The lowest BCUT2D eigenvalue weighted by molar-refractivity contribution is -0.111. The Balaban J connectivity index is 2.77. The molecule has 1 N–H and O–H groups in total. The predicted molar refractivity (Wildman–Crippen MR) is 169 cm³/mol. The van der Waals surface area contributed by atoms with Crippen molar-refractivity contribution in [3.05, 3.63) is 106 Å². The molecule has 0 aromatic heterocycles. The summed E-state index contributed by atoms with van der Waals surface area (Å²) in [7, 11) is 5.14. The summed E-state index contributed by atoms with van der Waals surface area (Å²) in [6.45, 7) is 10.2. The Morgan fingerprint density at radius 3 is 2.29 bits per heavy atom. The normalized spacial score (nSPS) is 13.3. The minimum atomic E-state index is -0.795. The number of anilines is 1. The van der Waals surface area contributed by atoms with Crippen LogP contribution in [0.2, 0.25) is 0 Å². The molecule has 0 aliphatic heterocycles. The average Bonchev–Trinajstić information content (AvgIpc) is 2.92. The number of allylic oxidation sites excluding steroid dienone is 8. The first-order valence-corrected chi connectivity index (χ1v) is 14.2. The molecule has 1 amide bonds. The Bertz CT molecular complexity index is 1420. The van der Waals surface area contributed by atoms with E-state index in [1.54, 1.807) is 6.08 Å². The highest BCUT2D eigenvalue weighted by molar-refractivity contribution is 6.00. The monoisotopic (exact) mass is 580 g/mol. The highest BCUT2D eigenvalue weighted by atomic mass is 19.1. The van der Waals surface area contributed by atoms with E-state index in [1.165, 1.54) is 31.4 Å². The van der Waals surface area contributed by atoms with Crippen LogP contribution in [0.4, 0.5) is 18.9 Å². The standard InChI is InChI=1S/C35H43F3N2O2/c1-9-12-15-23(4)29(28(14-10-2)31-20-26(36)21-32(38)35(31)42-8)18-25(11-3)30-19-27(37)22-33(24(30)5)39-34(41)16-13-17-40(6)7/h11,13-16,18-22H,9-10,12,17H2,1-8H3,(H,39,41)/b16-13+,23-15+,25-11+,28-14+,29-18+. The topological polar surface area (TPSA) is 41.6 Å². The van der Waals surface area contributed by atoms with E-state index >= 15 is 0 Å². The second-order valence-electron chi connectivity index (χ2n) is 10.3. The first-order valence-electron chi connectivity index (χ1n) is 14.2. The van der Waals surface area contributed by atoms with E-state index in [0.717, 1.165) is 30.1 Å². The van der Waals surface area contributed by atoms with Crippen molar-refractivity contribution in [2.45, 2.75) is 53.9 Å². The molecule has 42 heavy (non-hydrogen) atoms. The number of likely N-dealkylation sites (N-methyl/N-ethyl adjacent to an activating group) is 1. The number of carbonyl (C=O) groups excluding carboxylic acids is 1. The summed E-state index contributed by atoms with van der Waals surface area (Å²) in [4.78, 5) is 14.5. The largest absolute Gasteiger partial charge is 0.493 e. The molecule has 0 aliphatic rings. The Morgan fingerprint density at radius 2 is 1.69 bits per heavy atom. The number of rotatable bonds is 13. The van der Waals surface area contributed by atoms with Crippen LogP contribution in [-0.2, 0) is 4.79 Å². The summed E-state index contributed by atoms with van der Waals surface area (Å²) in [5.41, 5.74) is 4.82. The van der Waals surface area contributed by atoms with Crippen molar-refractivity contribution in [1.29, 1.82) is 0 Å². The second-order valence-corrected chi connectivity index (χ2v) is 10.3. The van der Waals surface area contributed by atoms with Gasteiger partial charge in [-0.25, -0.2) is 13.2 Å². The quantitative estimate of drug-likeness (QED) is 0.190. The molecule has 0 fully saturated rings. The van der Waals surface area contributed by atoms with Crippen LogP contribution in [0.25, 0.3) is 11.1 Å². The molecule has 2 aromatic carbocycles. The van der Waals surface area contributed by atoms with Crippen molar-refractivity contribution in [1.82, 2.24) is 4.90 Å². The molecule has 0 saturated carbocycles. The van der Waals surface area contributed by atoms with Crippen LogP contribution in [0, 0.1) is 24.4 Å². The van der Waals surface area contributed by atoms with Crippen LogP contribution in [0.15, 0.2) is 71.9 Å². The Hall–Kier alpha value is -3.84. The van der Waals surface area contributed by atoms with Crippen molar-refractivity contribution >= 4 is 22.7 Å². The van der Waals surface area contributed by atoms with E-state index in [9.17, 15) is 18.0 Å². The van der Waals surface area contributed by atoms with E-state index in [4.69, 9.17) is 4.74 Å². The number of nitrogens with zero attached hydrogens (tertiary/aromatic N) is 1. The Morgan fingerprint density at radius 1 is 1.02 bits per heavy atom. The fourth-order valence-electron chi connectivity index (χ4n) is 4.54. The van der Waals surface area contributed by atoms with Gasteiger partial charge in [-0.3, -0.25) is 4.79 Å². The van der Waals surface area contributed by atoms with Crippen LogP contribution in [0.3, 0.4) is 0 Å². The molecule has 0 spiro atoms. The van der Waals surface area contributed by atoms with Gasteiger partial charge in [-0.2, -0.15) is 0 Å². The van der Waals surface area contributed by atoms with E-state index < -0.39 is 17.5 Å². The second kappa shape index (κ2) is 16.6. The van der Waals surface area contributed by atoms with Crippen molar-refractivity contribution in [3.63, 3.8) is 0 Å². The molecule has 0 radical (unpaired) electrons. The van der Waals surface area contributed by atoms with Gasteiger partial charge in [0.25, 0.3) is 0 Å². The predicted octanol–water partition coefficient (Wildman–Crippen LogP) is 9.05. The molecule has 7 heteroatoms. The summed E-state index contributed by atoms with van der Waals surface area (Å²) in [6, 6.07) is 4.79. The molecule has 0 heterocycles. The number of hydrogen-bond donors (Lipinski definition) is 1. The molecule has 4 nitrogen and oxygen atoms in total. The van der Waals surface area contributed by atoms with Gasteiger partial charge in [-0.05, 0) is 105 Å². The van der Waals surface area contributed by atoms with Gasteiger partial charge in [-0.15, -0.1) is 0 Å². The summed E-state index contributed by atoms with van der Waals surface area (Å²) >= 11 is 0. The van der Waals surface area contributed by atoms with Crippen LogP contribution in [0.1, 0.15) is 63.6 Å². The number of benzene rings is 2. The first kappa shape index (κ1) is 34.4. The highest BCUT2D eigenvalue weighted by Gasteiger charge is 2.20. The van der Waals surface area contributed by atoms with E-state index in [1.807, 2.05) is 64.9 Å². The van der Waals surface area contributed by atoms with Gasteiger partial charge in [-0.1, -0.05) is 44.6 Å². The summed E-state index contributed by atoms with van der Waals surface area (Å²) in [6.07, 6.45) is 13.2. The van der Waals surface area contributed by atoms with Crippen molar-refractivity contribution in [3.8, 4) is 5.75 Å². The van der Waals surface area contributed by atoms with E-state index in [2.05, 4.69) is 18.3 Å². The molecule has 226 valence electrons. The van der Waals surface area contributed by atoms with Crippen molar-refractivity contribution in [2.75, 3.05) is 33.1 Å². The SMILES string of the molecule is C\C=C(/C=C(C(\C)=C\CCC)/C(=C\CC)c1cc(F)cc(F)c1OC)c1cc(F)cc(NC(=O)/C=C/CN(C)C)c1C. The fourth-order valence-corrected chi connectivity index (χ4v) is 4.54. The molecule has 2 aromatic rings. The van der Waals surface area contributed by atoms with Gasteiger partial charge in [0, 0.05) is 29.9 Å². The molecule has 2 rings (SSSR count). The molecule has 0 aliphatic carbocycles. The molecule has 0 bridgehead atoms. The maximum atomic E-state index is 15.0. The van der Waals surface area contributed by atoms with Gasteiger partial charge in [0.1, 0.15) is 11.6 Å². The van der Waals surface area contributed by atoms with Gasteiger partial charge < -0.3 is 15.0 Å². The number of halogens is 3. The molecular formula is C35H43F3N2O2. The van der Waals surface area contributed by atoms with Gasteiger partial charge in [0.05, 0.1) is 7.11 Å². The number of unbranched alkanes of at least 4 members (excludes halogenated alkanes) is 1. The van der Waals surface area contributed by atoms with Gasteiger partial charge >= 0.3 is 0 Å². The third kappa shape index (κ3) is 9.35. The average molecular weight is 581 g/mol. The minimum Gasteiger partial charge on any atom is -0.493 e. The van der Waals surface area contributed by atoms with Crippen molar-refractivity contribution in [2.24, 2.45) is 0 Å². The number of nitrogens with one attached hydrogen (secondary N) is 1. The Labute approximate surface area is 249 Å². The number of ether oxygens (including phenoxy) is 1. The van der Waals surface area contributed by atoms with Crippen LogP contribution in [-0.4, -0.2) is 38.6 Å². The van der Waals surface area contributed by atoms with E-state index in [0.29, 0.717) is 40.9 Å². The molecule has 0 atom stereocenters. The number of methoxy groups -OCH3 is 1. The Kier molecular flexibility index (Phi) is 13.6. The zero-order valence-corrected chi connectivity index (χ0v) is 26.0. The molecular weight excluding hydrogens is 537 g/mol. The number of amides is 1. The summed E-state index contributed by atoms with van der Waals surface area (Å²) in [5.74, 6) is -2.43.